The van der Waals surface area contributed by atoms with Crippen molar-refractivity contribution in [2.24, 2.45) is 0 Å². The van der Waals surface area contributed by atoms with Crippen molar-refractivity contribution in [1.82, 2.24) is 0 Å². The van der Waals surface area contributed by atoms with Crippen LogP contribution >= 0.6 is 7.14 Å². The molecule has 2 aromatic rings. The zero-order valence-corrected chi connectivity index (χ0v) is 22.7. The number of benzene rings is 2. The Bertz CT molecular complexity index is 1110. The first-order valence-corrected chi connectivity index (χ1v) is 14.2. The van der Waals surface area contributed by atoms with Crippen LogP contribution in [0.4, 0.5) is 30.5 Å². The molecule has 0 aromatic heterocycles. The molecule has 1 heterocycles. The summed E-state index contributed by atoms with van der Waals surface area (Å²) < 4.78 is 111. The molecule has 0 spiro atoms. The van der Waals surface area contributed by atoms with Crippen LogP contribution in [-0.2, 0) is 10.1 Å². The molecule has 0 bridgehead atoms. The van der Waals surface area contributed by atoms with Gasteiger partial charge in [-0.1, -0.05) is 0 Å². The molecule has 9 heteroatoms. The van der Waals surface area contributed by atoms with Gasteiger partial charge in [-0.05, 0) is 0 Å². The molecule has 1 nitrogen and oxygen atoms in total. The van der Waals surface area contributed by atoms with Crippen molar-refractivity contribution in [3.05, 3.63) is 58.7 Å². The molecule has 36 heavy (non-hydrogen) atoms. The number of alkyl halides is 6. The molecule has 0 fully saturated rings. The molecule has 202 valence electrons. The first-order chi connectivity index (χ1) is 16.2. The second kappa shape index (κ2) is 8.69. The summed E-state index contributed by atoms with van der Waals surface area (Å²) in [6.45, 7) is 13.6. The predicted molar refractivity (Wildman–Crippen MR) is 132 cm³/mol. The first-order valence-electron chi connectivity index (χ1n) is 12.1. The van der Waals surface area contributed by atoms with E-state index in [1.54, 1.807) is 39.8 Å². The van der Waals surface area contributed by atoms with E-state index in [1.165, 1.54) is 19.9 Å². The van der Waals surface area contributed by atoms with Crippen molar-refractivity contribution < 1.29 is 35.1 Å². The van der Waals surface area contributed by atoms with Crippen LogP contribution in [0.2, 0.25) is 0 Å². The van der Waals surface area contributed by atoms with Gasteiger partial charge in [-0.2, -0.15) is 0 Å². The Kier molecular flexibility index (Phi) is 6.98. The van der Waals surface area contributed by atoms with E-state index in [0.29, 0.717) is 17.2 Å². The van der Waals surface area contributed by atoms with Crippen molar-refractivity contribution in [2.75, 3.05) is 0 Å². The third-order valence-corrected chi connectivity index (χ3v) is 12.4. The Morgan fingerprint density at radius 1 is 0.722 bits per heavy atom. The van der Waals surface area contributed by atoms with E-state index in [1.807, 2.05) is 13.8 Å². The molecular weight excluding hydrogens is 504 g/mol. The average molecular weight is 539 g/mol. The zero-order chi connectivity index (χ0) is 27.7. The van der Waals surface area contributed by atoms with E-state index in [4.69, 9.17) is 4.52 Å². The fourth-order valence-electron chi connectivity index (χ4n) is 5.28. The van der Waals surface area contributed by atoms with Crippen molar-refractivity contribution in [2.45, 2.75) is 96.8 Å². The van der Waals surface area contributed by atoms with Crippen LogP contribution in [0, 0.1) is 0 Å². The van der Waals surface area contributed by atoms with Gasteiger partial charge in [-0.25, -0.2) is 0 Å². The second-order valence-corrected chi connectivity index (χ2v) is 15.0. The van der Waals surface area contributed by atoms with Gasteiger partial charge in [0.05, 0.1) is 0 Å². The quantitative estimate of drug-likeness (QED) is 0.273. The maximum absolute atomic E-state index is 18.6. The van der Waals surface area contributed by atoms with Crippen LogP contribution in [-0.4, -0.2) is 18.0 Å². The molecule has 0 amide bonds. The van der Waals surface area contributed by atoms with E-state index in [0.717, 1.165) is 17.7 Å². The number of halogens is 7. The molecule has 0 N–H and O–H groups in total. The van der Waals surface area contributed by atoms with Crippen LogP contribution in [0.3, 0.4) is 0 Å². The molecule has 1 aliphatic heterocycles. The Labute approximate surface area is 208 Å². The molecule has 0 aliphatic carbocycles. The predicted octanol–water partition coefficient (Wildman–Crippen LogP) is 9.12. The summed E-state index contributed by atoms with van der Waals surface area (Å²) >= 11 is 0. The van der Waals surface area contributed by atoms with Gasteiger partial charge in [0.1, 0.15) is 0 Å². The van der Waals surface area contributed by atoms with Crippen LogP contribution in [0.25, 0.3) is 0 Å². The average Bonchev–Trinajstić information content (AvgIpc) is 3.02. The topological polar surface area (TPSA) is 9.23 Å². The van der Waals surface area contributed by atoms with Gasteiger partial charge in [0, 0.05) is 0 Å². The van der Waals surface area contributed by atoms with Gasteiger partial charge in [-0.15, -0.1) is 0 Å². The zero-order valence-electron chi connectivity index (χ0n) is 21.8. The van der Waals surface area contributed by atoms with Gasteiger partial charge >= 0.3 is 208 Å². The third-order valence-electron chi connectivity index (χ3n) is 7.29. The standard InChI is InChI=1S/C27H34F7OP/c1-15(2)19-13-20(16(3)4)24(21(14-19)17(5)6)36(34,18(7)8)23-12-10-9-11-22(23)25(35-36,26(28,29)30)27(31,32)33/h9-18H,1-8H3. The van der Waals surface area contributed by atoms with E-state index in [9.17, 15) is 26.3 Å². The molecule has 0 unspecified atom stereocenters. The Hall–Kier alpha value is -1.66. The Morgan fingerprint density at radius 3 is 1.53 bits per heavy atom. The van der Waals surface area contributed by atoms with Gasteiger partial charge in [0.2, 0.25) is 0 Å². The third kappa shape index (κ3) is 3.73. The molecule has 0 saturated carbocycles. The molecule has 3 rings (SSSR count). The Balaban J connectivity index is 2.69. The molecule has 1 aliphatic rings. The van der Waals surface area contributed by atoms with Crippen molar-refractivity contribution in [1.29, 1.82) is 0 Å². The van der Waals surface area contributed by atoms with Gasteiger partial charge in [0.25, 0.3) is 0 Å². The summed E-state index contributed by atoms with van der Waals surface area (Å²) in [5.41, 5.74) is -5.71. The molecule has 0 radical (unpaired) electrons. The van der Waals surface area contributed by atoms with Crippen molar-refractivity contribution >= 4 is 17.8 Å². The summed E-state index contributed by atoms with van der Waals surface area (Å²) in [5.74, 6) is -0.749. The fourth-order valence-corrected chi connectivity index (χ4v) is 10.5. The summed E-state index contributed by atoms with van der Waals surface area (Å²) in [6, 6.07) is 7.55. The van der Waals surface area contributed by atoms with E-state index >= 15 is 4.20 Å². The van der Waals surface area contributed by atoms with Gasteiger partial charge in [-0.3, -0.25) is 0 Å². The summed E-state index contributed by atoms with van der Waals surface area (Å²) in [4.78, 5) is 0. The molecule has 0 atom stereocenters. The minimum absolute atomic E-state index is 0.0153. The fraction of sp³-hybridized carbons (Fsp3) is 0.556. The molecule has 0 saturated heterocycles. The van der Waals surface area contributed by atoms with E-state index < -0.39 is 41.6 Å². The van der Waals surface area contributed by atoms with E-state index in [2.05, 4.69) is 0 Å². The monoisotopic (exact) mass is 538 g/mol. The van der Waals surface area contributed by atoms with Gasteiger partial charge in [0.15, 0.2) is 0 Å². The van der Waals surface area contributed by atoms with Crippen LogP contribution in [0.5, 0.6) is 0 Å². The van der Waals surface area contributed by atoms with Crippen molar-refractivity contribution in [3.63, 3.8) is 0 Å². The first kappa shape index (κ1) is 28.9. The van der Waals surface area contributed by atoms with Gasteiger partial charge < -0.3 is 0 Å². The van der Waals surface area contributed by atoms with Crippen LogP contribution < -0.4 is 10.6 Å². The van der Waals surface area contributed by atoms with Crippen LogP contribution in [0.15, 0.2) is 36.4 Å². The number of fused-ring (bicyclic) bond motifs is 1. The summed E-state index contributed by atoms with van der Waals surface area (Å²) in [6.07, 6.45) is -11.9. The maximum atomic E-state index is 18.6. The minimum atomic E-state index is -6.10. The molecule has 2 aromatic carbocycles. The summed E-state index contributed by atoms with van der Waals surface area (Å²) in [7, 11) is -6.10. The number of rotatable bonds is 5. The second-order valence-electron chi connectivity index (χ2n) is 10.9. The number of hydrogen-bond acceptors (Lipinski definition) is 1. The normalized spacial score (nSPS) is 20.1. The van der Waals surface area contributed by atoms with Crippen molar-refractivity contribution in [3.8, 4) is 0 Å². The van der Waals surface area contributed by atoms with Crippen LogP contribution in [0.1, 0.15) is 95.4 Å². The Morgan fingerprint density at radius 2 is 1.17 bits per heavy atom. The summed E-state index contributed by atoms with van der Waals surface area (Å²) in [5, 5.41) is -0.762. The molecular formula is C27H34F7OP. The van der Waals surface area contributed by atoms with E-state index in [-0.39, 0.29) is 23.1 Å². The number of hydrogen-bond donors (Lipinski definition) is 0. The SMILES string of the molecule is CC(C)c1cc(C(C)C)c(P2(F)(C(C)C)OC(C(F)(F)F)(C(F)(F)F)c3ccccc32)c(C(C)C)c1.